The van der Waals surface area contributed by atoms with Crippen LogP contribution < -0.4 is 4.90 Å². The second-order valence-electron chi connectivity index (χ2n) is 7.02. The molecular weight excluding hydrogens is 368 g/mol. The van der Waals surface area contributed by atoms with Crippen molar-refractivity contribution in [3.8, 4) is 0 Å². The number of hydrogen-bond acceptors (Lipinski definition) is 6. The molecule has 1 unspecified atom stereocenters. The van der Waals surface area contributed by atoms with Crippen molar-refractivity contribution >= 4 is 22.7 Å². The highest BCUT2D eigenvalue weighted by molar-refractivity contribution is 5.54. The number of nitro benzene ring substituents is 1. The van der Waals surface area contributed by atoms with Crippen LogP contribution in [-0.2, 0) is 0 Å². The number of nitrogens with zero attached hydrogens (tertiary/aromatic N) is 4. The minimum Gasteiger partial charge on any atom is -0.394 e. The standard InChI is InChI=1S/C22H30N4O3/c1-3-5-7-22(17-27)25(16-6-4-2)20-12-8-18(9-13-20)23-24-19-10-14-21(15-11-19)26(28)29/h8-15,22,27H,3-7,16-17H2,1-2H3/b24-23+. The van der Waals surface area contributed by atoms with Gasteiger partial charge in [0.15, 0.2) is 0 Å². The zero-order chi connectivity index (χ0) is 21.1. The summed E-state index contributed by atoms with van der Waals surface area (Å²) >= 11 is 0. The lowest BCUT2D eigenvalue weighted by Gasteiger charge is -2.33. The van der Waals surface area contributed by atoms with E-state index >= 15 is 0 Å². The monoisotopic (exact) mass is 398 g/mol. The maximum atomic E-state index is 10.7. The molecule has 156 valence electrons. The third-order valence-corrected chi connectivity index (χ3v) is 4.82. The molecule has 0 heterocycles. The van der Waals surface area contributed by atoms with Crippen LogP contribution in [0.1, 0.15) is 46.0 Å². The van der Waals surface area contributed by atoms with E-state index in [-0.39, 0.29) is 18.3 Å². The van der Waals surface area contributed by atoms with Gasteiger partial charge in [-0.3, -0.25) is 10.1 Å². The first-order valence-electron chi connectivity index (χ1n) is 10.2. The number of azo groups is 1. The van der Waals surface area contributed by atoms with Gasteiger partial charge in [-0.2, -0.15) is 10.2 Å². The largest absolute Gasteiger partial charge is 0.394 e. The van der Waals surface area contributed by atoms with Crippen LogP contribution in [-0.4, -0.2) is 29.2 Å². The predicted octanol–water partition coefficient (Wildman–Crippen LogP) is 6.17. The Kier molecular flexibility index (Phi) is 9.24. The van der Waals surface area contributed by atoms with Gasteiger partial charge in [-0.1, -0.05) is 33.1 Å². The summed E-state index contributed by atoms with van der Waals surface area (Å²) in [7, 11) is 0. The minimum absolute atomic E-state index is 0.0296. The quantitative estimate of drug-likeness (QED) is 0.263. The van der Waals surface area contributed by atoms with Gasteiger partial charge < -0.3 is 10.0 Å². The number of aliphatic hydroxyl groups is 1. The van der Waals surface area contributed by atoms with Crippen LogP contribution in [0, 0.1) is 10.1 Å². The SMILES string of the molecule is CCCCC(CO)N(CCCC)c1ccc(/N=N/c2ccc([N+](=O)[O-])cc2)cc1. The third kappa shape index (κ3) is 6.94. The fourth-order valence-electron chi connectivity index (χ4n) is 3.10. The van der Waals surface area contributed by atoms with E-state index in [0.29, 0.717) is 11.4 Å². The lowest BCUT2D eigenvalue weighted by atomic mass is 10.1. The fourth-order valence-corrected chi connectivity index (χ4v) is 3.10. The molecule has 0 saturated carbocycles. The second kappa shape index (κ2) is 11.9. The van der Waals surface area contributed by atoms with Gasteiger partial charge in [0.25, 0.3) is 5.69 Å². The van der Waals surface area contributed by atoms with Crippen molar-refractivity contribution in [2.24, 2.45) is 10.2 Å². The minimum atomic E-state index is -0.440. The van der Waals surface area contributed by atoms with Crippen molar-refractivity contribution in [1.29, 1.82) is 0 Å². The van der Waals surface area contributed by atoms with E-state index in [2.05, 4.69) is 29.0 Å². The average Bonchev–Trinajstić information content (AvgIpc) is 2.75. The average molecular weight is 399 g/mol. The van der Waals surface area contributed by atoms with E-state index in [4.69, 9.17) is 0 Å². The summed E-state index contributed by atoms with van der Waals surface area (Å²) in [6, 6.07) is 13.9. The molecule has 0 fully saturated rings. The number of unbranched alkanes of at least 4 members (excludes halogenated alkanes) is 2. The lowest BCUT2D eigenvalue weighted by molar-refractivity contribution is -0.384. The first-order valence-corrected chi connectivity index (χ1v) is 10.2. The molecule has 0 amide bonds. The number of nitro groups is 1. The molecule has 0 aliphatic heterocycles. The Labute approximate surface area is 172 Å². The Bertz CT molecular complexity index is 776. The summed E-state index contributed by atoms with van der Waals surface area (Å²) in [5, 5.41) is 28.9. The molecule has 29 heavy (non-hydrogen) atoms. The van der Waals surface area contributed by atoms with Crippen LogP contribution in [0.5, 0.6) is 0 Å². The number of anilines is 1. The highest BCUT2D eigenvalue weighted by Crippen LogP contribution is 2.26. The molecule has 0 aliphatic rings. The number of hydrogen-bond donors (Lipinski definition) is 1. The smallest absolute Gasteiger partial charge is 0.269 e. The van der Waals surface area contributed by atoms with Crippen LogP contribution in [0.15, 0.2) is 58.8 Å². The van der Waals surface area contributed by atoms with E-state index in [0.717, 1.165) is 44.3 Å². The van der Waals surface area contributed by atoms with Crippen molar-refractivity contribution < 1.29 is 10.0 Å². The number of benzene rings is 2. The maximum absolute atomic E-state index is 10.7. The van der Waals surface area contributed by atoms with Gasteiger partial charge in [-0.25, -0.2) is 0 Å². The summed E-state index contributed by atoms with van der Waals surface area (Å²) in [4.78, 5) is 12.6. The summed E-state index contributed by atoms with van der Waals surface area (Å²) in [5.74, 6) is 0. The third-order valence-electron chi connectivity index (χ3n) is 4.82. The summed E-state index contributed by atoms with van der Waals surface area (Å²) in [5.41, 5.74) is 2.37. The summed E-state index contributed by atoms with van der Waals surface area (Å²) < 4.78 is 0. The second-order valence-corrected chi connectivity index (χ2v) is 7.02. The van der Waals surface area contributed by atoms with Crippen LogP contribution in [0.3, 0.4) is 0 Å². The summed E-state index contributed by atoms with van der Waals surface area (Å²) in [6.45, 7) is 5.38. The highest BCUT2D eigenvalue weighted by Gasteiger charge is 2.17. The van der Waals surface area contributed by atoms with Crippen LogP contribution >= 0.6 is 0 Å². The molecule has 2 aromatic rings. The highest BCUT2D eigenvalue weighted by atomic mass is 16.6. The summed E-state index contributed by atoms with van der Waals surface area (Å²) in [6.07, 6.45) is 5.35. The molecule has 0 saturated heterocycles. The Morgan fingerprint density at radius 1 is 0.966 bits per heavy atom. The Morgan fingerprint density at radius 3 is 2.00 bits per heavy atom. The lowest BCUT2D eigenvalue weighted by Crippen LogP contribution is -2.38. The van der Waals surface area contributed by atoms with Gasteiger partial charge in [0.2, 0.25) is 0 Å². The number of aliphatic hydroxyl groups excluding tert-OH is 1. The molecule has 7 heteroatoms. The van der Waals surface area contributed by atoms with E-state index in [1.807, 2.05) is 24.3 Å². The zero-order valence-electron chi connectivity index (χ0n) is 17.2. The molecular formula is C22H30N4O3. The molecule has 0 aliphatic carbocycles. The molecule has 1 N–H and O–H groups in total. The van der Waals surface area contributed by atoms with Crippen molar-refractivity contribution in [2.75, 3.05) is 18.1 Å². The van der Waals surface area contributed by atoms with Crippen molar-refractivity contribution in [3.63, 3.8) is 0 Å². The molecule has 2 aromatic carbocycles. The zero-order valence-corrected chi connectivity index (χ0v) is 17.2. The number of non-ortho nitro benzene ring substituents is 1. The first-order chi connectivity index (χ1) is 14.1. The van der Waals surface area contributed by atoms with E-state index in [1.54, 1.807) is 12.1 Å². The van der Waals surface area contributed by atoms with E-state index in [9.17, 15) is 15.2 Å². The predicted molar refractivity (Wildman–Crippen MR) is 116 cm³/mol. The Morgan fingerprint density at radius 2 is 1.52 bits per heavy atom. The van der Waals surface area contributed by atoms with Crippen molar-refractivity contribution in [1.82, 2.24) is 0 Å². The topological polar surface area (TPSA) is 91.3 Å². The van der Waals surface area contributed by atoms with E-state index < -0.39 is 4.92 Å². The first kappa shape index (κ1) is 22.5. The van der Waals surface area contributed by atoms with Crippen LogP contribution in [0.4, 0.5) is 22.7 Å². The molecule has 0 aromatic heterocycles. The van der Waals surface area contributed by atoms with Crippen LogP contribution in [0.25, 0.3) is 0 Å². The Hall–Kier alpha value is -2.80. The molecule has 7 nitrogen and oxygen atoms in total. The molecule has 2 rings (SSSR count). The molecule has 0 bridgehead atoms. The van der Waals surface area contributed by atoms with Gasteiger partial charge in [0, 0.05) is 24.4 Å². The molecule has 1 atom stereocenters. The van der Waals surface area contributed by atoms with Crippen LogP contribution in [0.2, 0.25) is 0 Å². The van der Waals surface area contributed by atoms with Gasteiger partial charge in [-0.05, 0) is 49.2 Å². The number of rotatable bonds is 12. The van der Waals surface area contributed by atoms with Gasteiger partial charge >= 0.3 is 0 Å². The molecule has 0 spiro atoms. The normalized spacial score (nSPS) is 12.2. The maximum Gasteiger partial charge on any atom is 0.269 e. The van der Waals surface area contributed by atoms with Gasteiger partial charge in [0.05, 0.1) is 28.9 Å². The molecule has 0 radical (unpaired) electrons. The van der Waals surface area contributed by atoms with Gasteiger partial charge in [0.1, 0.15) is 0 Å². The Balaban J connectivity index is 2.11. The fraction of sp³-hybridized carbons (Fsp3) is 0.455. The van der Waals surface area contributed by atoms with Crippen molar-refractivity contribution in [2.45, 2.75) is 52.0 Å². The van der Waals surface area contributed by atoms with E-state index in [1.165, 1.54) is 12.1 Å². The van der Waals surface area contributed by atoms with Gasteiger partial charge in [-0.15, -0.1) is 0 Å². The van der Waals surface area contributed by atoms with Crippen molar-refractivity contribution in [3.05, 3.63) is 58.6 Å².